The van der Waals surface area contributed by atoms with E-state index in [-0.39, 0.29) is 0 Å². The Morgan fingerprint density at radius 3 is 2.39 bits per heavy atom. The lowest BCUT2D eigenvalue weighted by Gasteiger charge is -2.08. The molecular weight excluding hydrogens is 446 g/mol. The van der Waals surface area contributed by atoms with Crippen molar-refractivity contribution in [3.8, 4) is 0 Å². The van der Waals surface area contributed by atoms with Crippen molar-refractivity contribution in [1.82, 2.24) is 9.78 Å². The van der Waals surface area contributed by atoms with Gasteiger partial charge in [0, 0.05) is 16.2 Å². The number of hydrogen-bond donors (Lipinski definition) is 0. The van der Waals surface area contributed by atoms with Gasteiger partial charge in [-0.1, -0.05) is 53.2 Å². The van der Waals surface area contributed by atoms with Crippen LogP contribution in [0.2, 0.25) is 0 Å². The summed E-state index contributed by atoms with van der Waals surface area (Å²) in [5.41, 5.74) is 4.86. The molecule has 0 fully saturated rings. The standard InChI is InChI=1S/C14H14BrClN2.C8H8F2/c1-9-4-5-13(15)7-12(9)8-18-10(2)6-14(17-18)11(3)16;1-2-6-3-4-7(9)5-8(6)10/h4-7H,3,8H2,1-2H3;3-5H,2H2,1H3. The quantitative estimate of drug-likeness (QED) is 0.402. The maximum absolute atomic E-state index is 12.6. The Hall–Kier alpha value is -1.98. The van der Waals surface area contributed by atoms with Gasteiger partial charge < -0.3 is 0 Å². The zero-order valence-corrected chi connectivity index (χ0v) is 18.4. The first-order chi connectivity index (χ1) is 13.2. The minimum Gasteiger partial charge on any atom is -0.265 e. The highest BCUT2D eigenvalue weighted by Crippen LogP contribution is 2.20. The summed E-state index contributed by atoms with van der Waals surface area (Å²) in [6, 6.07) is 11.8. The van der Waals surface area contributed by atoms with Gasteiger partial charge in [-0.05, 0) is 61.2 Å². The molecule has 2 nitrogen and oxygen atoms in total. The molecule has 0 atom stereocenters. The van der Waals surface area contributed by atoms with E-state index in [0.717, 1.165) is 28.5 Å². The molecule has 148 valence electrons. The number of benzene rings is 2. The van der Waals surface area contributed by atoms with Crippen LogP contribution in [-0.2, 0) is 13.0 Å². The van der Waals surface area contributed by atoms with Gasteiger partial charge in [0.1, 0.15) is 17.3 Å². The van der Waals surface area contributed by atoms with Crippen molar-refractivity contribution in [2.45, 2.75) is 33.7 Å². The second kappa shape index (κ2) is 9.99. The molecule has 0 aliphatic carbocycles. The molecule has 0 spiro atoms. The minimum absolute atomic E-state index is 0.456. The van der Waals surface area contributed by atoms with Gasteiger partial charge >= 0.3 is 0 Å². The normalized spacial score (nSPS) is 10.4. The summed E-state index contributed by atoms with van der Waals surface area (Å²) in [5.74, 6) is -0.975. The van der Waals surface area contributed by atoms with Crippen molar-refractivity contribution in [2.75, 3.05) is 0 Å². The van der Waals surface area contributed by atoms with Gasteiger partial charge in [0.05, 0.1) is 11.6 Å². The highest BCUT2D eigenvalue weighted by molar-refractivity contribution is 9.10. The molecule has 0 N–H and O–H groups in total. The second-order valence-corrected chi connectivity index (χ2v) is 7.77. The van der Waals surface area contributed by atoms with Crippen molar-refractivity contribution >= 4 is 32.6 Å². The van der Waals surface area contributed by atoms with Gasteiger partial charge in [-0.3, -0.25) is 4.68 Å². The predicted octanol–water partition coefficient (Wildman–Crippen LogP) is 7.05. The maximum atomic E-state index is 12.6. The topological polar surface area (TPSA) is 17.8 Å². The van der Waals surface area contributed by atoms with Crippen LogP contribution in [0.3, 0.4) is 0 Å². The van der Waals surface area contributed by atoms with E-state index < -0.39 is 11.6 Å². The molecular formula is C22H22BrClF2N2. The summed E-state index contributed by atoms with van der Waals surface area (Å²) in [4.78, 5) is 0. The van der Waals surface area contributed by atoms with Crippen LogP contribution < -0.4 is 0 Å². The lowest BCUT2D eigenvalue weighted by molar-refractivity contribution is 0.573. The summed E-state index contributed by atoms with van der Waals surface area (Å²) >= 11 is 9.36. The van der Waals surface area contributed by atoms with Gasteiger partial charge in [-0.15, -0.1) is 0 Å². The molecule has 0 amide bonds. The average molecular weight is 468 g/mol. The molecule has 0 radical (unpaired) electrons. The van der Waals surface area contributed by atoms with Gasteiger partial charge in [0.25, 0.3) is 0 Å². The number of rotatable bonds is 4. The lowest BCUT2D eigenvalue weighted by Crippen LogP contribution is -2.05. The molecule has 28 heavy (non-hydrogen) atoms. The smallest absolute Gasteiger partial charge is 0.129 e. The second-order valence-electron chi connectivity index (χ2n) is 6.39. The van der Waals surface area contributed by atoms with E-state index >= 15 is 0 Å². The van der Waals surface area contributed by atoms with Crippen LogP contribution in [-0.4, -0.2) is 9.78 Å². The molecule has 0 aliphatic rings. The van der Waals surface area contributed by atoms with E-state index in [9.17, 15) is 8.78 Å². The summed E-state index contributed by atoms with van der Waals surface area (Å²) in [7, 11) is 0. The van der Waals surface area contributed by atoms with Crippen molar-refractivity contribution < 1.29 is 8.78 Å². The van der Waals surface area contributed by atoms with Crippen molar-refractivity contribution in [2.24, 2.45) is 0 Å². The highest BCUT2D eigenvalue weighted by atomic mass is 79.9. The SMILES string of the molecule is C=C(Cl)c1cc(C)n(Cc2cc(Br)ccc2C)n1.CCc1ccc(F)cc1F. The lowest BCUT2D eigenvalue weighted by atomic mass is 10.1. The van der Waals surface area contributed by atoms with E-state index in [1.54, 1.807) is 0 Å². The minimum atomic E-state index is -0.519. The fraction of sp³-hybridized carbons (Fsp3) is 0.227. The van der Waals surface area contributed by atoms with Crippen LogP contribution >= 0.6 is 27.5 Å². The predicted molar refractivity (Wildman–Crippen MR) is 116 cm³/mol. The zero-order chi connectivity index (χ0) is 20.8. The third-order valence-electron chi connectivity index (χ3n) is 4.29. The molecule has 0 aliphatic heterocycles. The Morgan fingerprint density at radius 1 is 1.11 bits per heavy atom. The van der Waals surface area contributed by atoms with Gasteiger partial charge in [0.15, 0.2) is 0 Å². The number of nitrogens with zero attached hydrogens (tertiary/aromatic N) is 2. The fourth-order valence-corrected chi connectivity index (χ4v) is 3.08. The van der Waals surface area contributed by atoms with Crippen molar-refractivity contribution in [3.05, 3.63) is 93.2 Å². The van der Waals surface area contributed by atoms with Crippen LogP contribution in [0.25, 0.3) is 5.03 Å². The van der Waals surface area contributed by atoms with E-state index in [1.807, 2.05) is 30.7 Å². The van der Waals surface area contributed by atoms with Crippen LogP contribution in [0.15, 0.2) is 53.5 Å². The first kappa shape index (κ1) is 22.3. The molecule has 3 aromatic rings. The summed E-state index contributed by atoms with van der Waals surface area (Å²) < 4.78 is 27.9. The van der Waals surface area contributed by atoms with Gasteiger partial charge in [-0.25, -0.2) is 8.78 Å². The first-order valence-electron chi connectivity index (χ1n) is 8.79. The third kappa shape index (κ3) is 6.01. The summed E-state index contributed by atoms with van der Waals surface area (Å²) in [6.07, 6.45) is 0.603. The first-order valence-corrected chi connectivity index (χ1v) is 9.96. The summed E-state index contributed by atoms with van der Waals surface area (Å²) in [6.45, 7) is 10.4. The van der Waals surface area contributed by atoms with Crippen LogP contribution in [0.1, 0.15) is 35.0 Å². The number of hydrogen-bond acceptors (Lipinski definition) is 1. The zero-order valence-electron chi connectivity index (χ0n) is 16.1. The van der Waals surface area contributed by atoms with Crippen LogP contribution in [0, 0.1) is 25.5 Å². The van der Waals surface area contributed by atoms with E-state index in [4.69, 9.17) is 11.6 Å². The van der Waals surface area contributed by atoms with E-state index in [2.05, 4.69) is 46.7 Å². The van der Waals surface area contributed by atoms with Crippen LogP contribution in [0.4, 0.5) is 8.78 Å². The Labute approximate surface area is 178 Å². The van der Waals surface area contributed by atoms with Crippen molar-refractivity contribution in [1.29, 1.82) is 0 Å². The molecule has 0 saturated heterocycles. The van der Waals surface area contributed by atoms with E-state index in [1.165, 1.54) is 23.3 Å². The fourth-order valence-electron chi connectivity index (χ4n) is 2.58. The monoisotopic (exact) mass is 466 g/mol. The number of halogens is 4. The maximum Gasteiger partial charge on any atom is 0.129 e. The molecule has 3 rings (SSSR count). The molecule has 1 heterocycles. The molecule has 0 bridgehead atoms. The van der Waals surface area contributed by atoms with Gasteiger partial charge in [-0.2, -0.15) is 5.10 Å². The molecule has 0 unspecified atom stereocenters. The molecule has 1 aromatic heterocycles. The number of aryl methyl sites for hydroxylation is 3. The third-order valence-corrected chi connectivity index (χ3v) is 4.97. The number of aromatic nitrogens is 2. The van der Waals surface area contributed by atoms with Crippen molar-refractivity contribution in [3.63, 3.8) is 0 Å². The molecule has 2 aromatic carbocycles. The van der Waals surface area contributed by atoms with Gasteiger partial charge in [0.2, 0.25) is 0 Å². The molecule has 6 heteroatoms. The highest BCUT2D eigenvalue weighted by Gasteiger charge is 2.08. The Kier molecular flexibility index (Phi) is 7.96. The largest absolute Gasteiger partial charge is 0.265 e. The molecule has 0 saturated carbocycles. The average Bonchev–Trinajstić information content (AvgIpc) is 3.00. The Morgan fingerprint density at radius 2 is 1.82 bits per heavy atom. The summed E-state index contributed by atoms with van der Waals surface area (Å²) in [5, 5.41) is 4.92. The van der Waals surface area contributed by atoms with Crippen LogP contribution in [0.5, 0.6) is 0 Å². The van der Waals surface area contributed by atoms with E-state index in [0.29, 0.717) is 17.0 Å². The Bertz CT molecular complexity index is 983. The Balaban J connectivity index is 0.000000237.